The molecule has 1 fully saturated rings. The molecule has 0 bridgehead atoms. The second-order valence-corrected chi connectivity index (χ2v) is 8.16. The van der Waals surface area contributed by atoms with Crippen LogP contribution in [0.3, 0.4) is 0 Å². The Balaban J connectivity index is 1.88. The molecule has 2 aromatic rings. The van der Waals surface area contributed by atoms with Crippen molar-refractivity contribution in [1.29, 1.82) is 0 Å². The molecule has 1 saturated heterocycles. The van der Waals surface area contributed by atoms with E-state index in [9.17, 15) is 14.4 Å². The monoisotopic (exact) mass is 428 g/mol. The lowest BCUT2D eigenvalue weighted by atomic mass is 10.2. The SMILES string of the molecule is COc1cccc(-n2c(C)cc(C=C3SC(=O)N(CC(=O)OC(C)C)C3=O)c2C)c1. The van der Waals surface area contributed by atoms with E-state index in [1.807, 2.05) is 44.2 Å². The quantitative estimate of drug-likeness (QED) is 0.509. The van der Waals surface area contributed by atoms with Crippen LogP contribution in [0.4, 0.5) is 4.79 Å². The van der Waals surface area contributed by atoms with Crippen LogP contribution in [0.25, 0.3) is 11.8 Å². The molecule has 0 atom stereocenters. The van der Waals surface area contributed by atoms with E-state index in [0.717, 1.165) is 45.1 Å². The summed E-state index contributed by atoms with van der Waals surface area (Å²) >= 11 is 0.825. The second kappa shape index (κ2) is 8.79. The molecule has 1 aliphatic rings. The van der Waals surface area contributed by atoms with Gasteiger partial charge in [0.05, 0.1) is 18.1 Å². The van der Waals surface area contributed by atoms with Gasteiger partial charge in [-0.3, -0.25) is 19.3 Å². The highest BCUT2D eigenvalue weighted by Gasteiger charge is 2.37. The smallest absolute Gasteiger partial charge is 0.326 e. The molecule has 158 valence electrons. The Bertz CT molecular complexity index is 1040. The van der Waals surface area contributed by atoms with E-state index in [0.29, 0.717) is 0 Å². The van der Waals surface area contributed by atoms with Crippen molar-refractivity contribution in [2.75, 3.05) is 13.7 Å². The van der Waals surface area contributed by atoms with Gasteiger partial charge in [0.25, 0.3) is 11.1 Å². The van der Waals surface area contributed by atoms with Gasteiger partial charge in [-0.05, 0) is 69.3 Å². The molecule has 0 unspecified atom stereocenters. The third-order valence-corrected chi connectivity index (χ3v) is 5.50. The lowest BCUT2D eigenvalue weighted by molar-refractivity contribution is -0.149. The van der Waals surface area contributed by atoms with Crippen LogP contribution in [0, 0.1) is 13.8 Å². The number of carbonyl (C=O) groups excluding carboxylic acids is 3. The number of benzene rings is 1. The molecular formula is C22H24N2O5S. The molecule has 0 N–H and O–H groups in total. The Morgan fingerprint density at radius 3 is 2.60 bits per heavy atom. The van der Waals surface area contributed by atoms with Gasteiger partial charge in [-0.1, -0.05) is 6.07 Å². The molecule has 0 spiro atoms. The number of amides is 2. The molecule has 30 heavy (non-hydrogen) atoms. The molecule has 0 aliphatic carbocycles. The zero-order chi connectivity index (χ0) is 22.0. The van der Waals surface area contributed by atoms with Crippen LogP contribution in [0.2, 0.25) is 0 Å². The van der Waals surface area contributed by atoms with E-state index >= 15 is 0 Å². The van der Waals surface area contributed by atoms with Crippen LogP contribution >= 0.6 is 11.8 Å². The fraction of sp³-hybridized carbons (Fsp3) is 0.318. The first-order valence-corrected chi connectivity index (χ1v) is 10.3. The first kappa shape index (κ1) is 21.7. The number of hydrogen-bond donors (Lipinski definition) is 0. The second-order valence-electron chi connectivity index (χ2n) is 7.17. The first-order chi connectivity index (χ1) is 14.2. The van der Waals surface area contributed by atoms with Gasteiger partial charge in [-0.25, -0.2) is 0 Å². The Morgan fingerprint density at radius 1 is 1.20 bits per heavy atom. The fourth-order valence-corrected chi connectivity index (χ4v) is 4.12. The lowest BCUT2D eigenvalue weighted by Crippen LogP contribution is -2.35. The summed E-state index contributed by atoms with van der Waals surface area (Å²) in [5, 5.41) is -0.478. The number of aromatic nitrogens is 1. The average Bonchev–Trinajstić information content (AvgIpc) is 3.11. The Hall–Kier alpha value is -3.00. The van der Waals surface area contributed by atoms with Gasteiger partial charge in [-0.15, -0.1) is 0 Å². The van der Waals surface area contributed by atoms with Gasteiger partial charge < -0.3 is 14.0 Å². The van der Waals surface area contributed by atoms with Crippen molar-refractivity contribution in [2.45, 2.75) is 33.8 Å². The van der Waals surface area contributed by atoms with E-state index < -0.39 is 17.1 Å². The van der Waals surface area contributed by atoms with Gasteiger partial charge in [0.1, 0.15) is 12.3 Å². The molecule has 2 amide bonds. The van der Waals surface area contributed by atoms with Crippen molar-refractivity contribution in [3.05, 3.63) is 52.2 Å². The van der Waals surface area contributed by atoms with E-state index in [1.54, 1.807) is 27.0 Å². The van der Waals surface area contributed by atoms with E-state index in [4.69, 9.17) is 9.47 Å². The lowest BCUT2D eigenvalue weighted by Gasteiger charge is -2.13. The van der Waals surface area contributed by atoms with Crippen molar-refractivity contribution < 1.29 is 23.9 Å². The number of esters is 1. The van der Waals surface area contributed by atoms with Crippen LogP contribution in [0.15, 0.2) is 35.2 Å². The maximum Gasteiger partial charge on any atom is 0.326 e. The predicted octanol–water partition coefficient (Wildman–Crippen LogP) is 4.09. The topological polar surface area (TPSA) is 77.8 Å². The number of imide groups is 1. The van der Waals surface area contributed by atoms with Crippen molar-refractivity contribution in [1.82, 2.24) is 9.47 Å². The summed E-state index contributed by atoms with van der Waals surface area (Å²) in [6, 6.07) is 9.64. The molecular weight excluding hydrogens is 404 g/mol. The first-order valence-electron chi connectivity index (χ1n) is 9.49. The Morgan fingerprint density at radius 2 is 1.93 bits per heavy atom. The summed E-state index contributed by atoms with van der Waals surface area (Å²) in [6.07, 6.45) is 1.38. The highest BCUT2D eigenvalue weighted by molar-refractivity contribution is 8.18. The van der Waals surface area contributed by atoms with Crippen molar-refractivity contribution in [3.63, 3.8) is 0 Å². The maximum absolute atomic E-state index is 12.7. The summed E-state index contributed by atoms with van der Waals surface area (Å²) in [7, 11) is 1.62. The standard InChI is InChI=1S/C22H24N2O5S/c1-13(2)29-20(25)12-23-21(26)19(30-22(23)27)10-16-9-14(3)24(15(16)4)17-7-6-8-18(11-17)28-5/h6-11,13H,12H2,1-5H3. The number of aryl methyl sites for hydroxylation is 1. The fourth-order valence-electron chi connectivity index (χ4n) is 3.29. The summed E-state index contributed by atoms with van der Waals surface area (Å²) in [4.78, 5) is 38.0. The van der Waals surface area contributed by atoms with Gasteiger partial charge in [0.2, 0.25) is 0 Å². The molecule has 2 heterocycles. The van der Waals surface area contributed by atoms with Crippen molar-refractivity contribution >= 4 is 35.0 Å². The van der Waals surface area contributed by atoms with Crippen LogP contribution in [0.5, 0.6) is 5.75 Å². The minimum Gasteiger partial charge on any atom is -0.497 e. The number of nitrogens with zero attached hydrogens (tertiary/aromatic N) is 2. The number of hydrogen-bond acceptors (Lipinski definition) is 6. The predicted molar refractivity (Wildman–Crippen MR) is 116 cm³/mol. The van der Waals surface area contributed by atoms with Crippen LogP contribution in [-0.2, 0) is 14.3 Å². The molecule has 1 aromatic heterocycles. The minimum absolute atomic E-state index is 0.281. The summed E-state index contributed by atoms with van der Waals surface area (Å²) in [5.74, 6) is -0.349. The van der Waals surface area contributed by atoms with E-state index in [2.05, 4.69) is 4.57 Å². The third kappa shape index (κ3) is 4.43. The third-order valence-electron chi connectivity index (χ3n) is 4.60. The molecule has 0 saturated carbocycles. The molecule has 3 rings (SSSR count). The zero-order valence-electron chi connectivity index (χ0n) is 17.6. The number of rotatable bonds is 6. The highest BCUT2D eigenvalue weighted by Crippen LogP contribution is 2.34. The average molecular weight is 429 g/mol. The Labute approximate surface area is 179 Å². The van der Waals surface area contributed by atoms with Crippen LogP contribution in [-0.4, -0.2) is 46.3 Å². The zero-order valence-corrected chi connectivity index (χ0v) is 18.4. The van der Waals surface area contributed by atoms with Gasteiger partial charge in [0, 0.05) is 23.1 Å². The summed E-state index contributed by atoms with van der Waals surface area (Å²) < 4.78 is 12.4. The number of carbonyl (C=O) groups is 3. The highest BCUT2D eigenvalue weighted by atomic mass is 32.2. The van der Waals surface area contributed by atoms with Crippen molar-refractivity contribution in [3.8, 4) is 11.4 Å². The largest absolute Gasteiger partial charge is 0.497 e. The molecule has 1 aliphatic heterocycles. The van der Waals surface area contributed by atoms with Gasteiger partial charge in [0.15, 0.2) is 0 Å². The molecule has 7 nitrogen and oxygen atoms in total. The minimum atomic E-state index is -0.607. The van der Waals surface area contributed by atoms with Crippen LogP contribution < -0.4 is 4.74 Å². The Kier molecular flexibility index (Phi) is 6.36. The number of thioether (sulfide) groups is 1. The summed E-state index contributed by atoms with van der Waals surface area (Å²) in [5.41, 5.74) is 3.66. The van der Waals surface area contributed by atoms with E-state index in [-0.39, 0.29) is 17.6 Å². The van der Waals surface area contributed by atoms with Gasteiger partial charge >= 0.3 is 5.97 Å². The summed E-state index contributed by atoms with van der Waals surface area (Å²) in [6.45, 7) is 6.95. The maximum atomic E-state index is 12.7. The molecule has 8 heteroatoms. The van der Waals surface area contributed by atoms with Gasteiger partial charge in [-0.2, -0.15) is 0 Å². The van der Waals surface area contributed by atoms with E-state index in [1.165, 1.54) is 0 Å². The normalized spacial score (nSPS) is 15.4. The number of methoxy groups -OCH3 is 1. The number of ether oxygens (including phenoxy) is 2. The van der Waals surface area contributed by atoms with Crippen LogP contribution in [0.1, 0.15) is 30.8 Å². The molecule has 1 aromatic carbocycles. The molecule has 0 radical (unpaired) electrons. The van der Waals surface area contributed by atoms with Crippen molar-refractivity contribution in [2.24, 2.45) is 0 Å².